The van der Waals surface area contributed by atoms with E-state index in [9.17, 15) is 18.8 Å². The fourth-order valence-electron chi connectivity index (χ4n) is 3.49. The summed E-state index contributed by atoms with van der Waals surface area (Å²) >= 11 is 0. The monoisotopic (exact) mass is 491 g/mol. The lowest BCUT2D eigenvalue weighted by atomic mass is 10.0. The van der Waals surface area contributed by atoms with Gasteiger partial charge < -0.3 is 20.7 Å². The first-order chi connectivity index (χ1) is 17.3. The lowest BCUT2D eigenvalue weighted by Crippen LogP contribution is -2.49. The minimum Gasteiger partial charge on any atom is -0.494 e. The summed E-state index contributed by atoms with van der Waals surface area (Å²) in [7, 11) is 0. The number of carbonyl (C=O) groups excluding carboxylic acids is 3. The van der Waals surface area contributed by atoms with Gasteiger partial charge >= 0.3 is 0 Å². The Kier molecular flexibility index (Phi) is 9.16. The van der Waals surface area contributed by atoms with Gasteiger partial charge in [-0.25, -0.2) is 4.39 Å². The second-order valence-electron chi connectivity index (χ2n) is 8.53. The summed E-state index contributed by atoms with van der Waals surface area (Å²) in [5.41, 5.74) is 2.07. The first-order valence-corrected chi connectivity index (χ1v) is 11.7. The number of carbonyl (C=O) groups is 3. The molecule has 7 nitrogen and oxygen atoms in total. The Labute approximate surface area is 210 Å². The average molecular weight is 492 g/mol. The first kappa shape index (κ1) is 26.4. The molecular formula is C28H30FN3O4. The van der Waals surface area contributed by atoms with Crippen molar-refractivity contribution in [3.8, 4) is 5.75 Å². The van der Waals surface area contributed by atoms with Gasteiger partial charge in [-0.1, -0.05) is 26.0 Å². The van der Waals surface area contributed by atoms with Gasteiger partial charge in [0.15, 0.2) is 0 Å². The largest absolute Gasteiger partial charge is 0.494 e. The Morgan fingerprint density at radius 1 is 0.889 bits per heavy atom. The number of hydrogen-bond acceptors (Lipinski definition) is 4. The van der Waals surface area contributed by atoms with E-state index in [1.165, 1.54) is 24.3 Å². The number of anilines is 1. The van der Waals surface area contributed by atoms with Crippen LogP contribution in [0.2, 0.25) is 0 Å². The Bertz CT molecular complexity index is 1190. The second kappa shape index (κ2) is 12.5. The SMILES string of the molecule is CCOc1ccc(C(=O)NC(C(=O)NCc2cccc(NC(=O)c3ccc(F)cc3)c2)C(C)C)cc1. The molecule has 0 spiro atoms. The van der Waals surface area contributed by atoms with Crippen LogP contribution in [0.1, 0.15) is 47.1 Å². The van der Waals surface area contributed by atoms with Gasteiger partial charge in [-0.2, -0.15) is 0 Å². The molecule has 0 saturated carbocycles. The predicted molar refractivity (Wildman–Crippen MR) is 136 cm³/mol. The van der Waals surface area contributed by atoms with Gasteiger partial charge in [-0.15, -0.1) is 0 Å². The Balaban J connectivity index is 1.58. The third-order valence-corrected chi connectivity index (χ3v) is 5.42. The standard InChI is InChI=1S/C28H30FN3O4/c1-4-36-24-14-10-21(11-15-24)27(34)32-25(18(2)3)28(35)30-17-19-6-5-7-23(16-19)31-26(33)20-8-12-22(29)13-9-20/h5-16,18,25H,4,17H2,1-3H3,(H,30,35)(H,31,33)(H,32,34). The molecule has 8 heteroatoms. The molecule has 0 aliphatic rings. The molecule has 0 aliphatic carbocycles. The van der Waals surface area contributed by atoms with Gasteiger partial charge in [0.25, 0.3) is 11.8 Å². The number of hydrogen-bond donors (Lipinski definition) is 3. The van der Waals surface area contributed by atoms with E-state index in [1.807, 2.05) is 26.8 Å². The van der Waals surface area contributed by atoms with Gasteiger partial charge in [0.2, 0.25) is 5.91 Å². The quantitative estimate of drug-likeness (QED) is 0.388. The molecule has 0 bridgehead atoms. The van der Waals surface area contributed by atoms with E-state index in [0.717, 1.165) is 5.56 Å². The van der Waals surface area contributed by atoms with Crippen molar-refractivity contribution in [1.82, 2.24) is 10.6 Å². The maximum absolute atomic E-state index is 13.1. The number of ether oxygens (including phenoxy) is 1. The molecule has 3 N–H and O–H groups in total. The van der Waals surface area contributed by atoms with E-state index >= 15 is 0 Å². The number of rotatable bonds is 10. The van der Waals surface area contributed by atoms with Crippen molar-refractivity contribution >= 4 is 23.4 Å². The molecule has 0 aliphatic heterocycles. The van der Waals surface area contributed by atoms with Crippen molar-refractivity contribution in [3.05, 3.63) is 95.3 Å². The molecule has 0 radical (unpaired) electrons. The van der Waals surface area contributed by atoms with Crippen LogP contribution in [0.15, 0.2) is 72.8 Å². The topological polar surface area (TPSA) is 96.5 Å². The van der Waals surface area contributed by atoms with Crippen molar-refractivity contribution in [2.24, 2.45) is 5.92 Å². The van der Waals surface area contributed by atoms with E-state index < -0.39 is 11.9 Å². The molecule has 3 amide bonds. The van der Waals surface area contributed by atoms with E-state index in [4.69, 9.17) is 4.74 Å². The van der Waals surface area contributed by atoms with E-state index in [1.54, 1.807) is 42.5 Å². The van der Waals surface area contributed by atoms with Crippen molar-refractivity contribution < 1.29 is 23.5 Å². The highest BCUT2D eigenvalue weighted by Crippen LogP contribution is 2.15. The normalized spacial score (nSPS) is 11.5. The second-order valence-corrected chi connectivity index (χ2v) is 8.53. The molecule has 0 fully saturated rings. The Hall–Kier alpha value is -4.20. The molecule has 0 heterocycles. The highest BCUT2D eigenvalue weighted by atomic mass is 19.1. The minimum absolute atomic E-state index is 0.141. The van der Waals surface area contributed by atoms with Crippen molar-refractivity contribution in [2.45, 2.75) is 33.4 Å². The van der Waals surface area contributed by atoms with Crippen LogP contribution in [-0.2, 0) is 11.3 Å². The number of benzene rings is 3. The lowest BCUT2D eigenvalue weighted by Gasteiger charge is -2.22. The molecular weight excluding hydrogens is 461 g/mol. The van der Waals surface area contributed by atoms with Crippen LogP contribution in [0.5, 0.6) is 5.75 Å². The Morgan fingerprint density at radius 3 is 2.17 bits per heavy atom. The smallest absolute Gasteiger partial charge is 0.255 e. The molecule has 3 aromatic carbocycles. The zero-order chi connectivity index (χ0) is 26.1. The maximum Gasteiger partial charge on any atom is 0.255 e. The van der Waals surface area contributed by atoms with Crippen LogP contribution in [0, 0.1) is 11.7 Å². The third kappa shape index (κ3) is 7.40. The highest BCUT2D eigenvalue weighted by molar-refractivity contribution is 6.04. The van der Waals surface area contributed by atoms with Gasteiger partial charge in [-0.05, 0) is 79.1 Å². The van der Waals surface area contributed by atoms with Crippen molar-refractivity contribution in [1.29, 1.82) is 0 Å². The van der Waals surface area contributed by atoms with Crippen molar-refractivity contribution in [2.75, 3.05) is 11.9 Å². The van der Waals surface area contributed by atoms with Crippen LogP contribution < -0.4 is 20.7 Å². The van der Waals surface area contributed by atoms with E-state index in [0.29, 0.717) is 29.2 Å². The summed E-state index contributed by atoms with van der Waals surface area (Å²) in [6, 6.07) is 18.3. The molecule has 36 heavy (non-hydrogen) atoms. The summed E-state index contributed by atoms with van der Waals surface area (Å²) in [5.74, 6) is -0.920. The maximum atomic E-state index is 13.1. The van der Waals surface area contributed by atoms with E-state index in [2.05, 4.69) is 16.0 Å². The zero-order valence-corrected chi connectivity index (χ0v) is 20.5. The lowest BCUT2D eigenvalue weighted by molar-refractivity contribution is -0.124. The van der Waals surface area contributed by atoms with Crippen LogP contribution in [-0.4, -0.2) is 30.4 Å². The predicted octanol–water partition coefficient (Wildman–Crippen LogP) is 4.55. The Morgan fingerprint density at radius 2 is 1.53 bits per heavy atom. The summed E-state index contributed by atoms with van der Waals surface area (Å²) < 4.78 is 18.5. The van der Waals surface area contributed by atoms with Gasteiger partial charge in [0, 0.05) is 23.4 Å². The van der Waals surface area contributed by atoms with Crippen LogP contribution in [0.4, 0.5) is 10.1 Å². The molecule has 0 aromatic heterocycles. The average Bonchev–Trinajstić information content (AvgIpc) is 2.86. The summed E-state index contributed by atoms with van der Waals surface area (Å²) in [6.45, 7) is 6.33. The number of nitrogens with one attached hydrogen (secondary N) is 3. The summed E-state index contributed by atoms with van der Waals surface area (Å²) in [5, 5.41) is 8.42. The molecule has 188 valence electrons. The zero-order valence-electron chi connectivity index (χ0n) is 20.5. The fraction of sp³-hybridized carbons (Fsp3) is 0.250. The summed E-state index contributed by atoms with van der Waals surface area (Å²) in [4.78, 5) is 38.0. The fourth-order valence-corrected chi connectivity index (χ4v) is 3.49. The minimum atomic E-state index is -0.731. The molecule has 3 rings (SSSR count). The molecule has 1 atom stereocenters. The highest BCUT2D eigenvalue weighted by Gasteiger charge is 2.24. The van der Waals surface area contributed by atoms with Gasteiger partial charge in [-0.3, -0.25) is 14.4 Å². The number of halogens is 1. The van der Waals surface area contributed by atoms with Gasteiger partial charge in [0.1, 0.15) is 17.6 Å². The molecule has 1 unspecified atom stereocenters. The summed E-state index contributed by atoms with van der Waals surface area (Å²) in [6.07, 6.45) is 0. The first-order valence-electron chi connectivity index (χ1n) is 11.7. The molecule has 3 aromatic rings. The van der Waals surface area contributed by atoms with Crippen LogP contribution in [0.3, 0.4) is 0 Å². The molecule has 0 saturated heterocycles. The number of amides is 3. The van der Waals surface area contributed by atoms with Crippen LogP contribution in [0.25, 0.3) is 0 Å². The van der Waals surface area contributed by atoms with Crippen molar-refractivity contribution in [3.63, 3.8) is 0 Å². The van der Waals surface area contributed by atoms with Gasteiger partial charge in [0.05, 0.1) is 6.61 Å². The third-order valence-electron chi connectivity index (χ3n) is 5.42. The van der Waals surface area contributed by atoms with E-state index in [-0.39, 0.29) is 30.2 Å². The van der Waals surface area contributed by atoms with Crippen LogP contribution >= 0.6 is 0 Å².